The first-order chi connectivity index (χ1) is 12.0. The summed E-state index contributed by atoms with van der Waals surface area (Å²) >= 11 is 0. The molecule has 5 heteroatoms. The molecule has 1 saturated heterocycles. The Hall–Kier alpha value is -1.59. The van der Waals surface area contributed by atoms with Crippen molar-refractivity contribution in [3.63, 3.8) is 0 Å². The zero-order chi connectivity index (χ0) is 17.9. The fraction of sp³-hybridized carbons (Fsp3) is 0.650. The van der Waals surface area contributed by atoms with Crippen LogP contribution in [0.4, 0.5) is 4.79 Å². The summed E-state index contributed by atoms with van der Waals surface area (Å²) in [6.07, 6.45) is 3.74. The molecular formula is C20H30N2O3. The van der Waals surface area contributed by atoms with Crippen LogP contribution in [0.1, 0.15) is 50.3 Å². The Morgan fingerprint density at radius 1 is 1.24 bits per heavy atom. The third kappa shape index (κ3) is 3.98. The van der Waals surface area contributed by atoms with E-state index in [0.29, 0.717) is 19.8 Å². The maximum atomic E-state index is 12.6. The smallest absolute Gasteiger partial charge is 0.315 e. The van der Waals surface area contributed by atoms with Gasteiger partial charge in [-0.1, -0.05) is 38.1 Å². The molecule has 5 nitrogen and oxygen atoms in total. The lowest BCUT2D eigenvalue weighted by molar-refractivity contribution is -0.0861. The zero-order valence-electron chi connectivity index (χ0n) is 15.6. The van der Waals surface area contributed by atoms with Gasteiger partial charge in [-0.25, -0.2) is 4.79 Å². The number of amides is 2. The Kier molecular flexibility index (Phi) is 5.35. The van der Waals surface area contributed by atoms with E-state index in [-0.39, 0.29) is 23.1 Å². The number of methoxy groups -OCH3 is 1. The normalized spacial score (nSPS) is 24.2. The summed E-state index contributed by atoms with van der Waals surface area (Å²) in [5.74, 6) is 0. The Balaban J connectivity index is 1.65. The van der Waals surface area contributed by atoms with Gasteiger partial charge < -0.3 is 20.1 Å². The lowest BCUT2D eigenvalue weighted by Crippen LogP contribution is -2.52. The van der Waals surface area contributed by atoms with Crippen molar-refractivity contribution in [1.29, 1.82) is 0 Å². The molecule has 1 atom stereocenters. The zero-order valence-corrected chi connectivity index (χ0v) is 15.6. The van der Waals surface area contributed by atoms with Gasteiger partial charge in [-0.2, -0.15) is 0 Å². The summed E-state index contributed by atoms with van der Waals surface area (Å²) in [4.78, 5) is 12.6. The van der Waals surface area contributed by atoms with Crippen LogP contribution in [-0.4, -0.2) is 38.5 Å². The summed E-state index contributed by atoms with van der Waals surface area (Å²) in [6.45, 7) is 6.32. The molecule has 138 valence electrons. The van der Waals surface area contributed by atoms with Gasteiger partial charge in [0.2, 0.25) is 0 Å². The van der Waals surface area contributed by atoms with E-state index in [4.69, 9.17) is 9.47 Å². The third-order valence-electron chi connectivity index (χ3n) is 5.87. The predicted octanol–water partition coefficient (Wildman–Crippen LogP) is 3.19. The van der Waals surface area contributed by atoms with E-state index in [9.17, 15) is 4.79 Å². The van der Waals surface area contributed by atoms with Gasteiger partial charge in [0.1, 0.15) is 0 Å². The lowest BCUT2D eigenvalue weighted by Gasteiger charge is -2.41. The quantitative estimate of drug-likeness (QED) is 0.880. The van der Waals surface area contributed by atoms with Crippen LogP contribution in [0.2, 0.25) is 0 Å². The molecule has 1 aliphatic carbocycles. The standard InChI is InChI=1S/C20H30N2O3/c1-19(2)9-8-15-6-4-5-7-16(15)17(19)22-18(23)21-14-20(24-3)10-12-25-13-11-20/h4-7,17H,8-14H2,1-3H3,(H2,21,22,23)/t17-/m0/s1. The fourth-order valence-corrected chi connectivity index (χ4v) is 3.96. The highest BCUT2D eigenvalue weighted by Crippen LogP contribution is 2.43. The Bertz CT molecular complexity index is 609. The summed E-state index contributed by atoms with van der Waals surface area (Å²) in [6, 6.07) is 8.31. The number of rotatable bonds is 4. The van der Waals surface area contributed by atoms with Crippen molar-refractivity contribution in [3.8, 4) is 0 Å². The first kappa shape index (κ1) is 18.2. The molecule has 2 N–H and O–H groups in total. The van der Waals surface area contributed by atoms with Crippen LogP contribution >= 0.6 is 0 Å². The molecule has 1 aromatic rings. The molecule has 0 radical (unpaired) electrons. The second kappa shape index (κ2) is 7.34. The maximum Gasteiger partial charge on any atom is 0.315 e. The third-order valence-corrected chi connectivity index (χ3v) is 5.87. The number of aryl methyl sites for hydroxylation is 1. The van der Waals surface area contributed by atoms with Gasteiger partial charge in [-0.05, 0) is 29.4 Å². The van der Waals surface area contributed by atoms with Crippen LogP contribution in [0.5, 0.6) is 0 Å². The first-order valence-electron chi connectivity index (χ1n) is 9.21. The van der Waals surface area contributed by atoms with Gasteiger partial charge in [-0.15, -0.1) is 0 Å². The van der Waals surface area contributed by atoms with E-state index < -0.39 is 0 Å². The largest absolute Gasteiger partial charge is 0.381 e. The van der Waals surface area contributed by atoms with Crippen molar-refractivity contribution in [1.82, 2.24) is 10.6 Å². The van der Waals surface area contributed by atoms with Gasteiger partial charge in [0.15, 0.2) is 0 Å². The molecular weight excluding hydrogens is 316 g/mol. The fourth-order valence-electron chi connectivity index (χ4n) is 3.96. The summed E-state index contributed by atoms with van der Waals surface area (Å²) in [7, 11) is 1.71. The Morgan fingerprint density at radius 2 is 1.96 bits per heavy atom. The van der Waals surface area contributed by atoms with Crippen LogP contribution in [0, 0.1) is 5.41 Å². The van der Waals surface area contributed by atoms with Crippen molar-refractivity contribution < 1.29 is 14.3 Å². The van der Waals surface area contributed by atoms with Crippen LogP contribution in [0.15, 0.2) is 24.3 Å². The highest BCUT2D eigenvalue weighted by Gasteiger charge is 2.37. The molecule has 1 aromatic carbocycles. The summed E-state index contributed by atoms with van der Waals surface area (Å²) in [5.41, 5.74) is 2.30. The molecule has 0 unspecified atom stereocenters. The lowest BCUT2D eigenvalue weighted by atomic mass is 9.70. The van der Waals surface area contributed by atoms with Gasteiger partial charge in [0, 0.05) is 39.7 Å². The monoisotopic (exact) mass is 346 g/mol. The topological polar surface area (TPSA) is 59.6 Å². The minimum atomic E-state index is -0.310. The van der Waals surface area contributed by atoms with Crippen molar-refractivity contribution >= 4 is 6.03 Å². The number of ether oxygens (including phenoxy) is 2. The van der Waals surface area contributed by atoms with E-state index in [1.165, 1.54) is 11.1 Å². The molecule has 1 fully saturated rings. The van der Waals surface area contributed by atoms with E-state index >= 15 is 0 Å². The van der Waals surface area contributed by atoms with Gasteiger partial charge in [0.05, 0.1) is 11.6 Å². The molecule has 2 amide bonds. The highest BCUT2D eigenvalue weighted by molar-refractivity contribution is 5.74. The molecule has 0 aromatic heterocycles. The molecule has 1 aliphatic heterocycles. The summed E-state index contributed by atoms with van der Waals surface area (Å²) in [5, 5.41) is 6.24. The average Bonchev–Trinajstić information content (AvgIpc) is 2.63. The minimum absolute atomic E-state index is 0.0191. The maximum absolute atomic E-state index is 12.6. The van der Waals surface area contributed by atoms with Crippen molar-refractivity contribution in [2.75, 3.05) is 26.9 Å². The molecule has 0 bridgehead atoms. The number of benzene rings is 1. The molecule has 3 rings (SSSR count). The van der Waals surface area contributed by atoms with Crippen molar-refractivity contribution in [3.05, 3.63) is 35.4 Å². The Labute approximate surface area is 150 Å². The van der Waals surface area contributed by atoms with Crippen LogP contribution in [0.3, 0.4) is 0 Å². The number of hydrogen-bond donors (Lipinski definition) is 2. The van der Waals surface area contributed by atoms with Gasteiger partial charge >= 0.3 is 6.03 Å². The van der Waals surface area contributed by atoms with E-state index in [1.807, 2.05) is 0 Å². The number of fused-ring (bicyclic) bond motifs is 1. The molecule has 25 heavy (non-hydrogen) atoms. The SMILES string of the molecule is COC1(CNC(=O)N[C@H]2c3ccccc3CCC2(C)C)CCOCC1. The number of hydrogen-bond acceptors (Lipinski definition) is 3. The molecule has 2 aliphatic rings. The van der Waals surface area contributed by atoms with Crippen LogP contribution < -0.4 is 10.6 Å². The van der Waals surface area contributed by atoms with Crippen molar-refractivity contribution in [2.45, 2.75) is 51.2 Å². The van der Waals surface area contributed by atoms with Crippen LogP contribution in [0.25, 0.3) is 0 Å². The number of carbonyl (C=O) groups is 1. The number of urea groups is 1. The second-order valence-electron chi connectivity index (χ2n) is 7.95. The number of nitrogens with one attached hydrogen (secondary N) is 2. The van der Waals surface area contributed by atoms with E-state index in [2.05, 4.69) is 48.7 Å². The first-order valence-corrected chi connectivity index (χ1v) is 9.21. The summed E-state index contributed by atoms with van der Waals surface area (Å²) < 4.78 is 11.1. The average molecular weight is 346 g/mol. The Morgan fingerprint density at radius 3 is 2.68 bits per heavy atom. The van der Waals surface area contributed by atoms with E-state index in [1.54, 1.807) is 7.11 Å². The van der Waals surface area contributed by atoms with E-state index in [0.717, 1.165) is 25.7 Å². The molecule has 0 saturated carbocycles. The van der Waals surface area contributed by atoms with Gasteiger partial charge in [-0.3, -0.25) is 0 Å². The number of carbonyl (C=O) groups excluding carboxylic acids is 1. The van der Waals surface area contributed by atoms with Crippen LogP contribution in [-0.2, 0) is 15.9 Å². The molecule has 0 spiro atoms. The second-order valence-corrected chi connectivity index (χ2v) is 7.95. The van der Waals surface area contributed by atoms with Crippen molar-refractivity contribution in [2.24, 2.45) is 5.41 Å². The van der Waals surface area contributed by atoms with Gasteiger partial charge in [0.25, 0.3) is 0 Å². The molecule has 1 heterocycles. The predicted molar refractivity (Wildman–Crippen MR) is 97.6 cm³/mol. The highest BCUT2D eigenvalue weighted by atomic mass is 16.5. The minimum Gasteiger partial charge on any atom is -0.381 e.